The Kier molecular flexibility index (Phi) is 6.46. The molecule has 1 saturated heterocycles. The first-order chi connectivity index (χ1) is 12.5. The molecule has 2 rings (SSSR count). The van der Waals surface area contributed by atoms with Gasteiger partial charge in [0.25, 0.3) is 0 Å². The maximum Gasteiger partial charge on any atom is 0.308 e. The van der Waals surface area contributed by atoms with E-state index in [1.165, 1.54) is 29.0 Å². The van der Waals surface area contributed by atoms with Crippen LogP contribution in [0.2, 0.25) is 5.02 Å². The lowest BCUT2D eigenvalue weighted by Gasteiger charge is -2.34. The van der Waals surface area contributed by atoms with Crippen LogP contribution in [-0.2, 0) is 19.8 Å². The van der Waals surface area contributed by atoms with Crippen LogP contribution in [-0.4, -0.2) is 59.4 Å². The van der Waals surface area contributed by atoms with Crippen LogP contribution >= 0.6 is 11.6 Å². The molecule has 1 fully saturated rings. The molecule has 1 aliphatic rings. The van der Waals surface area contributed by atoms with E-state index in [9.17, 15) is 18.8 Å². The number of hydrogen-bond donors (Lipinski definition) is 1. The molecule has 0 aromatic heterocycles. The van der Waals surface area contributed by atoms with Crippen molar-refractivity contribution in [2.45, 2.75) is 32.1 Å². The number of rotatable bonds is 5. The van der Waals surface area contributed by atoms with Crippen molar-refractivity contribution in [3.63, 3.8) is 0 Å². The molecule has 1 unspecified atom stereocenters. The number of carbonyl (C=O) groups excluding carboxylic acids is 2. The van der Waals surface area contributed by atoms with E-state index in [0.717, 1.165) is 6.07 Å². The number of hydrogen-bond acceptors (Lipinski definition) is 3. The summed E-state index contributed by atoms with van der Waals surface area (Å²) in [6, 6.07) is 4.13. The second-order valence-corrected chi connectivity index (χ2v) is 7.86. The number of carbonyl (C=O) groups is 3. The third kappa shape index (κ3) is 4.77. The highest BCUT2D eigenvalue weighted by Crippen LogP contribution is 2.29. The van der Waals surface area contributed by atoms with Crippen LogP contribution in [0.5, 0.6) is 0 Å². The molecule has 0 spiro atoms. The number of amides is 2. The van der Waals surface area contributed by atoms with Crippen LogP contribution in [0.3, 0.4) is 0 Å². The number of likely N-dealkylation sites (tertiary alicyclic amines) is 1. The van der Waals surface area contributed by atoms with E-state index in [1.54, 1.807) is 13.8 Å². The Labute approximate surface area is 162 Å². The van der Waals surface area contributed by atoms with E-state index in [2.05, 4.69) is 0 Å². The van der Waals surface area contributed by atoms with Crippen molar-refractivity contribution in [1.29, 1.82) is 0 Å². The van der Waals surface area contributed by atoms with Crippen LogP contribution in [0.25, 0.3) is 0 Å². The van der Waals surface area contributed by atoms with Crippen molar-refractivity contribution < 1.29 is 23.9 Å². The Hall–Kier alpha value is -2.15. The fourth-order valence-corrected chi connectivity index (χ4v) is 3.53. The number of benzene rings is 1. The summed E-state index contributed by atoms with van der Waals surface area (Å²) >= 11 is 5.77. The summed E-state index contributed by atoms with van der Waals surface area (Å²) in [6.45, 7) is 3.60. The van der Waals surface area contributed by atoms with Crippen LogP contribution < -0.4 is 0 Å². The SMILES string of the molecule is CN(CC(=O)N1CCCC(C(=O)O)C1)C(=O)C(C)(C)c1ccc(Cl)cc1F. The van der Waals surface area contributed by atoms with Gasteiger partial charge in [-0.05, 0) is 38.8 Å². The highest BCUT2D eigenvalue weighted by atomic mass is 35.5. The fraction of sp³-hybridized carbons (Fsp3) is 0.526. The summed E-state index contributed by atoms with van der Waals surface area (Å²) < 4.78 is 14.3. The second kappa shape index (κ2) is 8.25. The highest BCUT2D eigenvalue weighted by molar-refractivity contribution is 6.30. The van der Waals surface area contributed by atoms with Crippen molar-refractivity contribution in [2.75, 3.05) is 26.7 Å². The molecule has 0 saturated carbocycles. The first-order valence-electron chi connectivity index (χ1n) is 8.75. The van der Waals surface area contributed by atoms with Gasteiger partial charge in [0.2, 0.25) is 11.8 Å². The van der Waals surface area contributed by atoms with Gasteiger partial charge in [0, 0.05) is 30.7 Å². The standard InChI is InChI=1S/C19H24ClFN2O4/c1-19(2,14-7-6-13(20)9-15(14)21)18(27)22(3)11-16(24)23-8-4-5-12(10-23)17(25)26/h6-7,9,12H,4-5,8,10-11H2,1-3H3,(H,25,26). The van der Waals surface area contributed by atoms with E-state index in [1.807, 2.05) is 0 Å². The number of nitrogens with zero attached hydrogens (tertiary/aromatic N) is 2. The van der Waals surface area contributed by atoms with E-state index in [-0.39, 0.29) is 29.6 Å². The van der Waals surface area contributed by atoms with E-state index >= 15 is 0 Å². The number of halogens is 2. The van der Waals surface area contributed by atoms with Gasteiger partial charge in [-0.3, -0.25) is 14.4 Å². The third-order valence-electron chi connectivity index (χ3n) is 4.98. The van der Waals surface area contributed by atoms with Gasteiger partial charge in [-0.2, -0.15) is 0 Å². The summed E-state index contributed by atoms with van der Waals surface area (Å²) in [4.78, 5) is 39.2. The molecule has 0 bridgehead atoms. The molecule has 6 nitrogen and oxygen atoms in total. The zero-order valence-corrected chi connectivity index (χ0v) is 16.4. The van der Waals surface area contributed by atoms with Gasteiger partial charge in [0.15, 0.2) is 0 Å². The third-order valence-corrected chi connectivity index (χ3v) is 5.22. The molecule has 1 N–H and O–H groups in total. The van der Waals surface area contributed by atoms with Gasteiger partial charge in [-0.25, -0.2) is 4.39 Å². The average Bonchev–Trinajstić information content (AvgIpc) is 2.60. The van der Waals surface area contributed by atoms with Crippen molar-refractivity contribution in [3.8, 4) is 0 Å². The molecule has 8 heteroatoms. The first kappa shape index (κ1) is 21.2. The minimum atomic E-state index is -1.19. The van der Waals surface area contributed by atoms with Crippen molar-refractivity contribution >= 4 is 29.4 Å². The lowest BCUT2D eigenvalue weighted by molar-refractivity contribution is -0.148. The summed E-state index contributed by atoms with van der Waals surface area (Å²) in [5.74, 6) is -2.81. The van der Waals surface area contributed by atoms with Gasteiger partial charge in [0.05, 0.1) is 17.9 Å². The lowest BCUT2D eigenvalue weighted by Crippen LogP contribution is -2.49. The largest absolute Gasteiger partial charge is 0.481 e. The monoisotopic (exact) mass is 398 g/mol. The van der Waals surface area contributed by atoms with Gasteiger partial charge in [-0.15, -0.1) is 0 Å². The quantitative estimate of drug-likeness (QED) is 0.826. The van der Waals surface area contributed by atoms with Crippen LogP contribution in [0.15, 0.2) is 18.2 Å². The average molecular weight is 399 g/mol. The molecule has 1 heterocycles. The number of piperidine rings is 1. The summed E-state index contributed by atoms with van der Waals surface area (Å²) in [5, 5.41) is 9.38. The Morgan fingerprint density at radius 1 is 1.37 bits per heavy atom. The normalized spacial score (nSPS) is 17.5. The van der Waals surface area contributed by atoms with E-state index < -0.39 is 29.0 Å². The van der Waals surface area contributed by atoms with Gasteiger partial charge >= 0.3 is 5.97 Å². The zero-order valence-electron chi connectivity index (χ0n) is 15.7. The maximum absolute atomic E-state index is 14.3. The molecule has 27 heavy (non-hydrogen) atoms. The molecule has 148 valence electrons. The Morgan fingerprint density at radius 3 is 2.63 bits per heavy atom. The van der Waals surface area contributed by atoms with Crippen molar-refractivity contribution in [1.82, 2.24) is 9.80 Å². The first-order valence-corrected chi connectivity index (χ1v) is 9.13. The number of carboxylic acid groups (broad SMARTS) is 1. The number of carboxylic acids is 1. The van der Waals surface area contributed by atoms with E-state index in [0.29, 0.717) is 19.4 Å². The molecule has 0 aliphatic carbocycles. The molecule has 1 aromatic rings. The Balaban J connectivity index is 2.07. The Morgan fingerprint density at radius 2 is 2.04 bits per heavy atom. The summed E-state index contributed by atoms with van der Waals surface area (Å²) in [7, 11) is 1.48. The topological polar surface area (TPSA) is 77.9 Å². The molecular weight excluding hydrogens is 375 g/mol. The van der Waals surface area contributed by atoms with Crippen molar-refractivity contribution in [2.24, 2.45) is 5.92 Å². The van der Waals surface area contributed by atoms with Crippen LogP contribution in [0.1, 0.15) is 32.3 Å². The molecule has 1 aliphatic heterocycles. The number of aliphatic carboxylic acids is 1. The van der Waals surface area contributed by atoms with Gasteiger partial charge in [-0.1, -0.05) is 17.7 Å². The van der Waals surface area contributed by atoms with E-state index in [4.69, 9.17) is 16.7 Å². The molecular formula is C19H24ClFN2O4. The molecule has 1 aromatic carbocycles. The fourth-order valence-electron chi connectivity index (χ4n) is 3.37. The zero-order chi connectivity index (χ0) is 20.4. The highest BCUT2D eigenvalue weighted by Gasteiger charge is 2.36. The predicted octanol–water partition coefficient (Wildman–Crippen LogP) is 2.54. The van der Waals surface area contributed by atoms with Crippen LogP contribution in [0, 0.1) is 11.7 Å². The summed E-state index contributed by atoms with van der Waals surface area (Å²) in [6.07, 6.45) is 1.15. The lowest BCUT2D eigenvalue weighted by atomic mass is 9.83. The molecule has 2 amide bonds. The minimum Gasteiger partial charge on any atom is -0.481 e. The van der Waals surface area contributed by atoms with Crippen molar-refractivity contribution in [3.05, 3.63) is 34.6 Å². The minimum absolute atomic E-state index is 0.144. The maximum atomic E-state index is 14.3. The Bertz CT molecular complexity index is 753. The molecule has 0 radical (unpaired) electrons. The number of likely N-dealkylation sites (N-methyl/N-ethyl adjacent to an activating group) is 1. The van der Waals surface area contributed by atoms with Gasteiger partial charge < -0.3 is 14.9 Å². The van der Waals surface area contributed by atoms with Crippen LogP contribution in [0.4, 0.5) is 4.39 Å². The van der Waals surface area contributed by atoms with Gasteiger partial charge in [0.1, 0.15) is 5.82 Å². The second-order valence-electron chi connectivity index (χ2n) is 7.43. The smallest absolute Gasteiger partial charge is 0.308 e. The predicted molar refractivity (Wildman–Crippen MR) is 99.0 cm³/mol. The summed E-state index contributed by atoms with van der Waals surface area (Å²) in [5.41, 5.74) is -0.991. The molecule has 1 atom stereocenters.